The zero-order valence-corrected chi connectivity index (χ0v) is 10.4. The second-order valence-electron chi connectivity index (χ2n) is 4.31. The molecule has 1 amide bonds. The molecule has 0 aliphatic rings. The summed E-state index contributed by atoms with van der Waals surface area (Å²) in [5, 5.41) is 0. The summed E-state index contributed by atoms with van der Waals surface area (Å²) in [6.07, 6.45) is -0.0181. The minimum Gasteiger partial charge on any atom is -0.487 e. The Labute approximate surface area is 101 Å². The molecular weight excluding hydrogens is 218 g/mol. The second-order valence-corrected chi connectivity index (χ2v) is 4.31. The summed E-state index contributed by atoms with van der Waals surface area (Å²) in [4.78, 5) is 13.1. The van der Waals surface area contributed by atoms with Crippen molar-refractivity contribution < 1.29 is 9.53 Å². The molecule has 1 rings (SSSR count). The average molecular weight is 237 g/mol. The van der Waals surface area contributed by atoms with Crippen LogP contribution >= 0.6 is 0 Å². The standard InChI is InChI=1S/C12H19N3O2/c1-8(7-15(2)3)17-11-6-9(12(14)16)4-5-10(11)13/h4-6,8H,7,13H2,1-3H3,(H2,14,16). The van der Waals surface area contributed by atoms with E-state index in [2.05, 4.69) is 0 Å². The molecule has 0 saturated carbocycles. The van der Waals surface area contributed by atoms with Crippen molar-refractivity contribution >= 4 is 11.6 Å². The molecule has 94 valence electrons. The predicted molar refractivity (Wildman–Crippen MR) is 68.0 cm³/mol. The number of primary amides is 1. The normalized spacial score (nSPS) is 12.5. The minimum atomic E-state index is -0.491. The van der Waals surface area contributed by atoms with E-state index in [-0.39, 0.29) is 6.10 Å². The number of carbonyl (C=O) groups excluding carboxylic acids is 1. The van der Waals surface area contributed by atoms with Crippen LogP contribution in [0, 0.1) is 0 Å². The third-order valence-corrected chi connectivity index (χ3v) is 2.25. The highest BCUT2D eigenvalue weighted by Gasteiger charge is 2.10. The van der Waals surface area contributed by atoms with Crippen LogP contribution in [-0.4, -0.2) is 37.6 Å². The highest BCUT2D eigenvalue weighted by atomic mass is 16.5. The van der Waals surface area contributed by atoms with Crippen LogP contribution < -0.4 is 16.2 Å². The lowest BCUT2D eigenvalue weighted by molar-refractivity contribution is 0.0999. The largest absolute Gasteiger partial charge is 0.487 e. The van der Waals surface area contributed by atoms with Crippen LogP contribution in [0.1, 0.15) is 17.3 Å². The topological polar surface area (TPSA) is 81.6 Å². The highest BCUT2D eigenvalue weighted by Crippen LogP contribution is 2.23. The number of nitrogens with zero attached hydrogens (tertiary/aromatic N) is 1. The Morgan fingerprint density at radius 1 is 1.47 bits per heavy atom. The van der Waals surface area contributed by atoms with E-state index in [1.807, 2.05) is 25.9 Å². The Balaban J connectivity index is 2.82. The minimum absolute atomic E-state index is 0.0181. The van der Waals surface area contributed by atoms with E-state index in [4.69, 9.17) is 16.2 Å². The van der Waals surface area contributed by atoms with Gasteiger partial charge < -0.3 is 21.1 Å². The molecule has 0 aliphatic heterocycles. The van der Waals surface area contributed by atoms with E-state index in [0.29, 0.717) is 17.0 Å². The fraction of sp³-hybridized carbons (Fsp3) is 0.417. The van der Waals surface area contributed by atoms with Crippen LogP contribution in [0.5, 0.6) is 5.75 Å². The van der Waals surface area contributed by atoms with E-state index < -0.39 is 5.91 Å². The molecule has 0 spiro atoms. The first-order valence-electron chi connectivity index (χ1n) is 5.41. The van der Waals surface area contributed by atoms with Gasteiger partial charge in [0.15, 0.2) is 0 Å². The molecule has 5 nitrogen and oxygen atoms in total. The van der Waals surface area contributed by atoms with Gasteiger partial charge in [-0.05, 0) is 39.2 Å². The van der Waals surface area contributed by atoms with Gasteiger partial charge in [-0.3, -0.25) is 4.79 Å². The number of amides is 1. The van der Waals surface area contributed by atoms with Crippen LogP contribution in [-0.2, 0) is 0 Å². The molecule has 1 aromatic rings. The molecule has 4 N–H and O–H groups in total. The molecule has 0 heterocycles. The number of hydrogen-bond acceptors (Lipinski definition) is 4. The zero-order chi connectivity index (χ0) is 13.0. The van der Waals surface area contributed by atoms with E-state index in [1.165, 1.54) is 0 Å². The smallest absolute Gasteiger partial charge is 0.248 e. The zero-order valence-electron chi connectivity index (χ0n) is 10.4. The summed E-state index contributed by atoms with van der Waals surface area (Å²) in [5.74, 6) is 0.00534. The summed E-state index contributed by atoms with van der Waals surface area (Å²) in [6, 6.07) is 4.78. The van der Waals surface area contributed by atoms with Gasteiger partial charge in [-0.15, -0.1) is 0 Å². The number of benzene rings is 1. The molecule has 0 saturated heterocycles. The van der Waals surface area contributed by atoms with Crippen LogP contribution in [0.2, 0.25) is 0 Å². The first-order chi connectivity index (χ1) is 7.90. The van der Waals surface area contributed by atoms with Crippen molar-refractivity contribution in [2.75, 3.05) is 26.4 Å². The summed E-state index contributed by atoms with van der Waals surface area (Å²) in [6.45, 7) is 2.70. The van der Waals surface area contributed by atoms with E-state index in [1.54, 1.807) is 18.2 Å². The Hall–Kier alpha value is -1.75. The van der Waals surface area contributed by atoms with Gasteiger partial charge in [-0.2, -0.15) is 0 Å². The summed E-state index contributed by atoms with van der Waals surface area (Å²) < 4.78 is 5.67. The fourth-order valence-electron chi connectivity index (χ4n) is 1.56. The number of likely N-dealkylation sites (N-methyl/N-ethyl adjacent to an activating group) is 1. The monoisotopic (exact) mass is 237 g/mol. The molecule has 0 bridgehead atoms. The summed E-state index contributed by atoms with van der Waals surface area (Å²) in [7, 11) is 3.92. The van der Waals surface area contributed by atoms with Gasteiger partial charge in [-0.25, -0.2) is 0 Å². The first kappa shape index (κ1) is 13.3. The lowest BCUT2D eigenvalue weighted by atomic mass is 10.2. The molecule has 0 aliphatic carbocycles. The number of nitrogens with two attached hydrogens (primary N) is 2. The van der Waals surface area contributed by atoms with Gasteiger partial charge in [0.1, 0.15) is 11.9 Å². The number of rotatable bonds is 5. The molecule has 0 aromatic heterocycles. The Kier molecular flexibility index (Phi) is 4.34. The van der Waals surface area contributed by atoms with E-state index in [0.717, 1.165) is 6.54 Å². The van der Waals surface area contributed by atoms with Gasteiger partial charge >= 0.3 is 0 Å². The van der Waals surface area contributed by atoms with Crippen LogP contribution in [0.15, 0.2) is 18.2 Å². The van der Waals surface area contributed by atoms with Crippen molar-refractivity contribution in [2.45, 2.75) is 13.0 Å². The maximum absolute atomic E-state index is 11.0. The Bertz CT molecular complexity index is 405. The van der Waals surface area contributed by atoms with Gasteiger partial charge in [0.05, 0.1) is 5.69 Å². The fourth-order valence-corrected chi connectivity index (χ4v) is 1.56. The quantitative estimate of drug-likeness (QED) is 0.738. The van der Waals surface area contributed by atoms with Gasteiger partial charge in [0, 0.05) is 12.1 Å². The van der Waals surface area contributed by atoms with Crippen LogP contribution in [0.4, 0.5) is 5.69 Å². The lowest BCUT2D eigenvalue weighted by Gasteiger charge is -2.19. The average Bonchev–Trinajstić information content (AvgIpc) is 2.19. The van der Waals surface area contributed by atoms with Crippen molar-refractivity contribution in [3.05, 3.63) is 23.8 Å². The molecule has 5 heteroatoms. The number of ether oxygens (including phenoxy) is 1. The maximum atomic E-state index is 11.0. The van der Waals surface area contributed by atoms with Crippen LogP contribution in [0.3, 0.4) is 0 Å². The molecule has 1 unspecified atom stereocenters. The predicted octanol–water partition coefficient (Wildman–Crippen LogP) is 0.697. The molecular formula is C12H19N3O2. The number of hydrogen-bond donors (Lipinski definition) is 2. The van der Waals surface area contributed by atoms with Gasteiger partial charge in [-0.1, -0.05) is 0 Å². The second kappa shape index (κ2) is 5.54. The van der Waals surface area contributed by atoms with Crippen LogP contribution in [0.25, 0.3) is 0 Å². The van der Waals surface area contributed by atoms with Gasteiger partial charge in [0.25, 0.3) is 0 Å². The SMILES string of the molecule is CC(CN(C)C)Oc1cc(C(N)=O)ccc1N. The van der Waals surface area contributed by atoms with E-state index in [9.17, 15) is 4.79 Å². The van der Waals surface area contributed by atoms with Gasteiger partial charge in [0.2, 0.25) is 5.91 Å². The summed E-state index contributed by atoms with van der Waals surface area (Å²) >= 11 is 0. The highest BCUT2D eigenvalue weighted by molar-refractivity contribution is 5.93. The molecule has 0 radical (unpaired) electrons. The number of anilines is 1. The van der Waals surface area contributed by atoms with E-state index >= 15 is 0 Å². The molecule has 1 aromatic carbocycles. The number of nitrogen functional groups attached to an aromatic ring is 1. The van der Waals surface area contributed by atoms with Crippen molar-refractivity contribution in [1.29, 1.82) is 0 Å². The first-order valence-corrected chi connectivity index (χ1v) is 5.41. The Morgan fingerprint density at radius 3 is 2.65 bits per heavy atom. The maximum Gasteiger partial charge on any atom is 0.248 e. The number of carbonyl (C=O) groups is 1. The van der Waals surface area contributed by atoms with Crippen molar-refractivity contribution in [1.82, 2.24) is 4.90 Å². The Morgan fingerprint density at radius 2 is 2.12 bits per heavy atom. The van der Waals surface area contributed by atoms with Crippen molar-refractivity contribution in [3.63, 3.8) is 0 Å². The van der Waals surface area contributed by atoms with Crippen molar-refractivity contribution in [2.24, 2.45) is 5.73 Å². The van der Waals surface area contributed by atoms with Crippen molar-refractivity contribution in [3.8, 4) is 5.75 Å². The third kappa shape index (κ3) is 3.96. The lowest BCUT2D eigenvalue weighted by Crippen LogP contribution is -2.28. The summed E-state index contributed by atoms with van der Waals surface area (Å²) in [5.41, 5.74) is 11.9. The molecule has 1 atom stereocenters. The molecule has 0 fully saturated rings. The third-order valence-electron chi connectivity index (χ3n) is 2.25. The molecule has 17 heavy (non-hydrogen) atoms.